The number of carbonyl (C=O) groups excluding carboxylic acids is 1. The Hall–Kier alpha value is -3.74. The van der Waals surface area contributed by atoms with E-state index < -0.39 is 0 Å². The summed E-state index contributed by atoms with van der Waals surface area (Å²) in [6, 6.07) is 13.8. The zero-order valence-electron chi connectivity index (χ0n) is 18.0. The highest BCUT2D eigenvalue weighted by Gasteiger charge is 2.25. The lowest BCUT2D eigenvalue weighted by Gasteiger charge is -2.11. The van der Waals surface area contributed by atoms with Gasteiger partial charge in [0.15, 0.2) is 0 Å². The number of carbonyl (C=O) groups is 1. The van der Waals surface area contributed by atoms with Crippen LogP contribution >= 0.6 is 0 Å². The van der Waals surface area contributed by atoms with Gasteiger partial charge >= 0.3 is 5.97 Å². The molecule has 32 heavy (non-hydrogen) atoms. The first-order valence-corrected chi connectivity index (χ1v) is 10.9. The summed E-state index contributed by atoms with van der Waals surface area (Å²) in [5, 5.41) is 5.94. The predicted molar refractivity (Wildman–Crippen MR) is 121 cm³/mol. The molecule has 4 heterocycles. The molecule has 1 aliphatic heterocycles. The summed E-state index contributed by atoms with van der Waals surface area (Å²) < 4.78 is 12.9. The van der Waals surface area contributed by atoms with Crippen molar-refractivity contribution in [2.75, 3.05) is 13.2 Å². The molecule has 162 valence electrons. The first-order valence-electron chi connectivity index (χ1n) is 10.9. The molecule has 0 amide bonds. The Balaban J connectivity index is 1.50. The van der Waals surface area contributed by atoms with Gasteiger partial charge in [0.25, 0.3) is 0 Å². The van der Waals surface area contributed by atoms with Gasteiger partial charge < -0.3 is 9.47 Å². The van der Waals surface area contributed by atoms with Crippen LogP contribution in [0.4, 0.5) is 0 Å². The molecule has 0 atom stereocenters. The Morgan fingerprint density at radius 3 is 2.88 bits per heavy atom. The zero-order valence-corrected chi connectivity index (χ0v) is 18.0. The van der Waals surface area contributed by atoms with Crippen LogP contribution in [0, 0.1) is 0 Å². The lowest BCUT2D eigenvalue weighted by molar-refractivity contribution is -0.143. The van der Waals surface area contributed by atoms with Crippen molar-refractivity contribution in [3.63, 3.8) is 0 Å². The average Bonchev–Trinajstić information content (AvgIpc) is 3.43. The van der Waals surface area contributed by atoms with Crippen LogP contribution in [0.25, 0.3) is 33.4 Å². The number of aryl methyl sites for hydroxylation is 1. The number of hydrogen-bond donors (Lipinski definition) is 0. The van der Waals surface area contributed by atoms with Crippen LogP contribution in [0.15, 0.2) is 54.9 Å². The highest BCUT2D eigenvalue weighted by atomic mass is 16.6. The van der Waals surface area contributed by atoms with Crippen LogP contribution in [-0.4, -0.2) is 38.9 Å². The minimum atomic E-state index is -0.226. The molecule has 1 aliphatic rings. The molecule has 0 saturated carbocycles. The third-order valence-corrected chi connectivity index (χ3v) is 5.64. The van der Waals surface area contributed by atoms with E-state index >= 15 is 0 Å². The number of pyridine rings is 2. The van der Waals surface area contributed by atoms with Crippen LogP contribution in [0.1, 0.15) is 25.5 Å². The van der Waals surface area contributed by atoms with E-state index in [-0.39, 0.29) is 12.6 Å². The monoisotopic (exact) mass is 428 g/mol. The normalized spacial score (nSPS) is 12.7. The van der Waals surface area contributed by atoms with E-state index in [1.807, 2.05) is 42.6 Å². The topological polar surface area (TPSA) is 79.1 Å². The molecule has 0 aliphatic carbocycles. The molecule has 4 aromatic rings. The maximum absolute atomic E-state index is 11.3. The van der Waals surface area contributed by atoms with E-state index in [0.29, 0.717) is 18.8 Å². The molecular weight excluding hydrogens is 404 g/mol. The number of hydrogen-bond acceptors (Lipinski definition) is 6. The molecule has 0 radical (unpaired) electrons. The lowest BCUT2D eigenvalue weighted by atomic mass is 9.96. The molecule has 1 aromatic carbocycles. The fourth-order valence-corrected chi connectivity index (χ4v) is 4.15. The highest BCUT2D eigenvalue weighted by molar-refractivity contribution is 5.99. The summed E-state index contributed by atoms with van der Waals surface area (Å²) in [5.74, 6) is 0.468. The van der Waals surface area contributed by atoms with Gasteiger partial charge in [0, 0.05) is 48.1 Å². The molecule has 3 aromatic heterocycles. The molecule has 5 rings (SSSR count). The molecule has 0 saturated heterocycles. The Labute approximate surface area is 186 Å². The van der Waals surface area contributed by atoms with Crippen molar-refractivity contribution in [1.82, 2.24) is 19.7 Å². The van der Waals surface area contributed by atoms with Gasteiger partial charge in [-0.15, -0.1) is 0 Å². The Kier molecular flexibility index (Phi) is 5.54. The summed E-state index contributed by atoms with van der Waals surface area (Å²) in [6.45, 7) is 3.23. The molecule has 0 unspecified atom stereocenters. The number of aromatic nitrogens is 4. The molecule has 0 bridgehead atoms. The quantitative estimate of drug-likeness (QED) is 0.320. The van der Waals surface area contributed by atoms with Crippen molar-refractivity contribution < 1.29 is 14.3 Å². The minimum Gasteiger partial charge on any atom is -0.490 e. The number of benzene rings is 1. The van der Waals surface area contributed by atoms with Crippen LogP contribution in [0.5, 0.6) is 5.75 Å². The number of ether oxygens (including phenoxy) is 2. The molecule has 0 fully saturated rings. The molecule has 0 spiro atoms. The van der Waals surface area contributed by atoms with Gasteiger partial charge in [-0.25, -0.2) is 0 Å². The van der Waals surface area contributed by atoms with Gasteiger partial charge in [0.2, 0.25) is 0 Å². The standard InChI is InChI=1S/C25H24N4O3/c1-2-23(30)32-15-14-31-17-8-9-18-19(10-12-27-21(18)16-17)24-22-7-5-13-29(22)28-25(24)20-6-3-4-11-26-20/h3-4,6,8-12,16H,2,5,7,13-15H2,1H3. The third kappa shape index (κ3) is 3.82. The summed E-state index contributed by atoms with van der Waals surface area (Å²) >= 11 is 0. The number of fused-ring (bicyclic) bond motifs is 2. The summed E-state index contributed by atoms with van der Waals surface area (Å²) in [6.07, 6.45) is 6.08. The summed E-state index contributed by atoms with van der Waals surface area (Å²) in [4.78, 5) is 20.4. The predicted octanol–water partition coefficient (Wildman–Crippen LogP) is 4.44. The van der Waals surface area contributed by atoms with Gasteiger partial charge in [0.05, 0.1) is 11.2 Å². The Morgan fingerprint density at radius 1 is 1.09 bits per heavy atom. The van der Waals surface area contributed by atoms with Gasteiger partial charge in [-0.1, -0.05) is 13.0 Å². The van der Waals surface area contributed by atoms with Crippen molar-refractivity contribution >= 4 is 16.9 Å². The second-order valence-corrected chi connectivity index (χ2v) is 7.67. The first-order chi connectivity index (χ1) is 15.7. The highest BCUT2D eigenvalue weighted by Crippen LogP contribution is 2.40. The second-order valence-electron chi connectivity index (χ2n) is 7.67. The fraction of sp³-hybridized carbons (Fsp3) is 0.280. The van der Waals surface area contributed by atoms with Crippen molar-refractivity contribution in [2.45, 2.75) is 32.7 Å². The maximum Gasteiger partial charge on any atom is 0.305 e. The largest absolute Gasteiger partial charge is 0.490 e. The van der Waals surface area contributed by atoms with Gasteiger partial charge in [-0.2, -0.15) is 5.10 Å². The Bertz CT molecular complexity index is 1270. The van der Waals surface area contributed by atoms with E-state index in [9.17, 15) is 4.79 Å². The van der Waals surface area contributed by atoms with Crippen LogP contribution in [0.3, 0.4) is 0 Å². The molecule has 7 heteroatoms. The summed E-state index contributed by atoms with van der Waals surface area (Å²) in [7, 11) is 0. The van der Waals surface area contributed by atoms with E-state index in [1.165, 1.54) is 5.69 Å². The fourth-order valence-electron chi connectivity index (χ4n) is 4.15. The minimum absolute atomic E-state index is 0.226. The van der Waals surface area contributed by atoms with Crippen molar-refractivity contribution in [2.24, 2.45) is 0 Å². The van der Waals surface area contributed by atoms with E-state index in [0.717, 1.165) is 52.8 Å². The smallest absolute Gasteiger partial charge is 0.305 e. The van der Waals surface area contributed by atoms with Gasteiger partial charge in [-0.05, 0) is 48.7 Å². The average molecular weight is 428 g/mol. The molecule has 0 N–H and O–H groups in total. The maximum atomic E-state index is 11.3. The van der Waals surface area contributed by atoms with E-state index in [4.69, 9.17) is 14.6 Å². The summed E-state index contributed by atoms with van der Waals surface area (Å²) in [5.41, 5.74) is 6.10. The van der Waals surface area contributed by atoms with E-state index in [1.54, 1.807) is 13.1 Å². The SMILES string of the molecule is CCC(=O)OCCOc1ccc2c(-c3c(-c4ccccn4)nn4c3CCC4)ccnc2c1. The molecular formula is C25H24N4O3. The third-order valence-electron chi connectivity index (χ3n) is 5.64. The van der Waals surface area contributed by atoms with Crippen molar-refractivity contribution in [3.8, 4) is 28.3 Å². The Morgan fingerprint density at radius 2 is 2.03 bits per heavy atom. The van der Waals surface area contributed by atoms with Gasteiger partial charge in [0.1, 0.15) is 24.7 Å². The first kappa shape index (κ1) is 20.2. The van der Waals surface area contributed by atoms with Crippen LogP contribution < -0.4 is 4.74 Å². The van der Waals surface area contributed by atoms with Crippen molar-refractivity contribution in [1.29, 1.82) is 0 Å². The van der Waals surface area contributed by atoms with E-state index in [2.05, 4.69) is 20.7 Å². The second kappa shape index (κ2) is 8.78. The van der Waals surface area contributed by atoms with Gasteiger partial charge in [-0.3, -0.25) is 19.4 Å². The van der Waals surface area contributed by atoms with Crippen LogP contribution in [0.2, 0.25) is 0 Å². The number of rotatable bonds is 7. The number of nitrogens with zero attached hydrogens (tertiary/aromatic N) is 4. The van der Waals surface area contributed by atoms with Crippen LogP contribution in [-0.2, 0) is 22.5 Å². The zero-order chi connectivity index (χ0) is 21.9. The lowest BCUT2D eigenvalue weighted by Crippen LogP contribution is -2.11. The molecule has 7 nitrogen and oxygen atoms in total. The number of esters is 1. The van der Waals surface area contributed by atoms with Crippen molar-refractivity contribution in [3.05, 3.63) is 60.6 Å².